The Labute approximate surface area is 139 Å². The van der Waals surface area contributed by atoms with Crippen LogP contribution in [0.15, 0.2) is 29.2 Å². The lowest BCUT2D eigenvalue weighted by Gasteiger charge is -2.20. The minimum atomic E-state index is -0.132. The highest BCUT2D eigenvalue weighted by molar-refractivity contribution is 6.30. The van der Waals surface area contributed by atoms with E-state index in [0.29, 0.717) is 17.2 Å². The highest BCUT2D eigenvalue weighted by atomic mass is 35.5. The maximum atomic E-state index is 12.2. The Bertz CT molecular complexity index is 789. The van der Waals surface area contributed by atoms with E-state index >= 15 is 0 Å². The molecule has 3 rings (SSSR count). The minimum absolute atomic E-state index is 0.116. The van der Waals surface area contributed by atoms with Crippen LogP contribution in [0.25, 0.3) is 5.65 Å². The fourth-order valence-electron chi connectivity index (χ4n) is 2.88. The van der Waals surface area contributed by atoms with E-state index in [2.05, 4.69) is 9.88 Å². The molecule has 0 radical (unpaired) electrons. The van der Waals surface area contributed by atoms with Gasteiger partial charge in [-0.05, 0) is 18.6 Å². The Balaban J connectivity index is 1.78. The molecule has 3 heterocycles. The highest BCUT2D eigenvalue weighted by Crippen LogP contribution is 2.10. The van der Waals surface area contributed by atoms with Crippen molar-refractivity contribution in [3.8, 4) is 0 Å². The Morgan fingerprint density at radius 2 is 2.09 bits per heavy atom. The van der Waals surface area contributed by atoms with E-state index in [0.717, 1.165) is 38.3 Å². The maximum absolute atomic E-state index is 12.2. The first-order valence-corrected chi connectivity index (χ1v) is 8.06. The molecular weight excluding hydrogens is 316 g/mol. The molecular formula is C16H19ClN4O2. The van der Waals surface area contributed by atoms with Crippen molar-refractivity contribution in [3.05, 3.63) is 45.5 Å². The molecule has 1 saturated heterocycles. The van der Waals surface area contributed by atoms with Crippen LogP contribution >= 0.6 is 11.6 Å². The second-order valence-corrected chi connectivity index (χ2v) is 6.23. The second-order valence-electron chi connectivity index (χ2n) is 5.80. The zero-order valence-electron chi connectivity index (χ0n) is 13.0. The standard InChI is InChI=1S/C16H19ClN4O2/c1-12(22)20-6-2-5-19(7-8-20)11-14-9-16(23)21-10-13(17)3-4-15(21)18-14/h3-4,9-10H,2,5-8,11H2,1H3. The quantitative estimate of drug-likeness (QED) is 0.833. The van der Waals surface area contributed by atoms with Crippen LogP contribution in [0.4, 0.5) is 0 Å². The number of hydrogen-bond donors (Lipinski definition) is 0. The summed E-state index contributed by atoms with van der Waals surface area (Å²) in [6, 6.07) is 5.02. The van der Waals surface area contributed by atoms with Crippen LogP contribution in [0.5, 0.6) is 0 Å². The van der Waals surface area contributed by atoms with Crippen molar-refractivity contribution in [2.45, 2.75) is 19.9 Å². The van der Waals surface area contributed by atoms with Crippen LogP contribution in [0.2, 0.25) is 5.02 Å². The smallest absolute Gasteiger partial charge is 0.258 e. The number of carbonyl (C=O) groups excluding carboxylic acids is 1. The fraction of sp³-hybridized carbons (Fsp3) is 0.438. The lowest BCUT2D eigenvalue weighted by molar-refractivity contribution is -0.128. The van der Waals surface area contributed by atoms with Crippen molar-refractivity contribution < 1.29 is 4.79 Å². The molecule has 23 heavy (non-hydrogen) atoms. The summed E-state index contributed by atoms with van der Waals surface area (Å²) in [7, 11) is 0. The summed E-state index contributed by atoms with van der Waals surface area (Å²) in [6.07, 6.45) is 2.51. The highest BCUT2D eigenvalue weighted by Gasteiger charge is 2.17. The van der Waals surface area contributed by atoms with Crippen LogP contribution in [0.1, 0.15) is 19.0 Å². The monoisotopic (exact) mass is 334 g/mol. The van der Waals surface area contributed by atoms with Crippen LogP contribution in [0, 0.1) is 0 Å². The molecule has 0 atom stereocenters. The van der Waals surface area contributed by atoms with Crippen LogP contribution in [-0.4, -0.2) is 51.3 Å². The molecule has 0 unspecified atom stereocenters. The number of carbonyl (C=O) groups is 1. The summed E-state index contributed by atoms with van der Waals surface area (Å²) in [5.41, 5.74) is 1.21. The number of halogens is 1. The van der Waals surface area contributed by atoms with Gasteiger partial charge < -0.3 is 4.90 Å². The van der Waals surface area contributed by atoms with Gasteiger partial charge in [-0.25, -0.2) is 4.98 Å². The molecule has 1 aliphatic rings. The van der Waals surface area contributed by atoms with E-state index < -0.39 is 0 Å². The molecule has 7 heteroatoms. The molecule has 1 aliphatic heterocycles. The number of fused-ring (bicyclic) bond motifs is 1. The van der Waals surface area contributed by atoms with Crippen molar-refractivity contribution in [3.63, 3.8) is 0 Å². The lowest BCUT2D eigenvalue weighted by Crippen LogP contribution is -2.33. The lowest BCUT2D eigenvalue weighted by atomic mass is 10.3. The molecule has 0 spiro atoms. The van der Waals surface area contributed by atoms with Gasteiger partial charge in [-0.2, -0.15) is 0 Å². The third-order valence-corrected chi connectivity index (χ3v) is 4.32. The summed E-state index contributed by atoms with van der Waals surface area (Å²) in [5, 5.41) is 0.506. The summed E-state index contributed by atoms with van der Waals surface area (Å²) < 4.78 is 1.45. The Hall–Kier alpha value is -1.92. The number of hydrogen-bond acceptors (Lipinski definition) is 4. The molecule has 2 aromatic rings. The van der Waals surface area contributed by atoms with Crippen LogP contribution in [-0.2, 0) is 11.3 Å². The molecule has 0 aromatic carbocycles. The van der Waals surface area contributed by atoms with Gasteiger partial charge in [-0.1, -0.05) is 11.6 Å². The third kappa shape index (κ3) is 3.71. The molecule has 1 fully saturated rings. The maximum Gasteiger partial charge on any atom is 0.258 e. The third-order valence-electron chi connectivity index (χ3n) is 4.10. The number of rotatable bonds is 2. The fourth-order valence-corrected chi connectivity index (χ4v) is 3.04. The van der Waals surface area contributed by atoms with E-state index in [1.54, 1.807) is 31.3 Å². The van der Waals surface area contributed by atoms with E-state index in [4.69, 9.17) is 11.6 Å². The minimum Gasteiger partial charge on any atom is -0.342 e. The summed E-state index contributed by atoms with van der Waals surface area (Å²) in [6.45, 7) is 5.41. The van der Waals surface area contributed by atoms with E-state index in [-0.39, 0.29) is 11.5 Å². The first-order valence-electron chi connectivity index (χ1n) is 7.68. The number of pyridine rings is 1. The van der Waals surface area contributed by atoms with Crippen molar-refractivity contribution in [1.82, 2.24) is 19.2 Å². The van der Waals surface area contributed by atoms with Crippen molar-refractivity contribution in [2.75, 3.05) is 26.2 Å². The van der Waals surface area contributed by atoms with Crippen molar-refractivity contribution in [2.24, 2.45) is 0 Å². The van der Waals surface area contributed by atoms with Gasteiger partial charge in [0.05, 0.1) is 10.7 Å². The molecule has 0 aliphatic carbocycles. The SMILES string of the molecule is CC(=O)N1CCCN(Cc2cc(=O)n3cc(Cl)ccc3n2)CC1. The van der Waals surface area contributed by atoms with Gasteiger partial charge in [-0.15, -0.1) is 0 Å². The van der Waals surface area contributed by atoms with Gasteiger partial charge >= 0.3 is 0 Å². The van der Waals surface area contributed by atoms with Gasteiger partial charge in [0.25, 0.3) is 5.56 Å². The molecule has 0 N–H and O–H groups in total. The van der Waals surface area contributed by atoms with Gasteiger partial charge in [0, 0.05) is 51.9 Å². The number of nitrogens with zero attached hydrogens (tertiary/aromatic N) is 4. The zero-order chi connectivity index (χ0) is 16.4. The van der Waals surface area contributed by atoms with Gasteiger partial charge in [-0.3, -0.25) is 18.9 Å². The van der Waals surface area contributed by atoms with Crippen LogP contribution in [0.3, 0.4) is 0 Å². The summed E-state index contributed by atoms with van der Waals surface area (Å²) >= 11 is 5.92. The van der Waals surface area contributed by atoms with E-state index in [9.17, 15) is 9.59 Å². The van der Waals surface area contributed by atoms with E-state index in [1.165, 1.54) is 4.40 Å². The van der Waals surface area contributed by atoms with Crippen molar-refractivity contribution >= 4 is 23.2 Å². The number of aromatic nitrogens is 2. The molecule has 0 bridgehead atoms. The van der Waals surface area contributed by atoms with Crippen LogP contribution < -0.4 is 5.56 Å². The second kappa shape index (κ2) is 6.68. The average molecular weight is 335 g/mol. The molecule has 1 amide bonds. The Kier molecular flexibility index (Phi) is 4.63. The summed E-state index contributed by atoms with van der Waals surface area (Å²) in [5.74, 6) is 0.116. The molecule has 122 valence electrons. The molecule has 6 nitrogen and oxygen atoms in total. The molecule has 2 aromatic heterocycles. The van der Waals surface area contributed by atoms with E-state index in [1.807, 2.05) is 4.90 Å². The first kappa shape index (κ1) is 16.0. The normalized spacial score (nSPS) is 16.5. The number of amides is 1. The topological polar surface area (TPSA) is 57.9 Å². The largest absolute Gasteiger partial charge is 0.342 e. The predicted octanol–water partition coefficient (Wildman–Crippen LogP) is 1.40. The van der Waals surface area contributed by atoms with Crippen molar-refractivity contribution in [1.29, 1.82) is 0 Å². The van der Waals surface area contributed by atoms with Gasteiger partial charge in [0.2, 0.25) is 5.91 Å². The first-order chi connectivity index (χ1) is 11.0. The Morgan fingerprint density at radius 3 is 2.87 bits per heavy atom. The van der Waals surface area contributed by atoms with Gasteiger partial charge in [0.1, 0.15) is 5.65 Å². The average Bonchev–Trinajstić information content (AvgIpc) is 2.74. The predicted molar refractivity (Wildman–Crippen MR) is 88.6 cm³/mol. The zero-order valence-corrected chi connectivity index (χ0v) is 13.8. The Morgan fingerprint density at radius 1 is 1.26 bits per heavy atom. The molecule has 0 saturated carbocycles. The van der Waals surface area contributed by atoms with Gasteiger partial charge in [0.15, 0.2) is 0 Å². The summed E-state index contributed by atoms with van der Waals surface area (Å²) in [4.78, 5) is 32.3.